The van der Waals surface area contributed by atoms with Crippen LogP contribution in [0.1, 0.15) is 18.9 Å². The van der Waals surface area contributed by atoms with Crippen molar-refractivity contribution >= 4 is 52.1 Å². The molecule has 4 rings (SSSR count). The highest BCUT2D eigenvalue weighted by Crippen LogP contribution is 2.30. The van der Waals surface area contributed by atoms with Crippen molar-refractivity contribution in [2.45, 2.75) is 19.9 Å². The Hall–Kier alpha value is -3.38. The van der Waals surface area contributed by atoms with Crippen LogP contribution in [-0.4, -0.2) is 22.4 Å². The standard InChI is InChI=1S/C22H18ClN3O3/c1-2-11-25-13-14(15-7-3-5-9-18(15)25)12-16-20(27)24-22(29)26(21(16)28)19-10-6-4-8-17(19)23/h3-10,12-13H,2,11H2,1H3,(H,24,27,29). The van der Waals surface area contributed by atoms with Crippen LogP contribution in [0.3, 0.4) is 0 Å². The number of hydrogen-bond acceptors (Lipinski definition) is 3. The van der Waals surface area contributed by atoms with Gasteiger partial charge < -0.3 is 4.57 Å². The van der Waals surface area contributed by atoms with E-state index in [1.54, 1.807) is 24.3 Å². The molecule has 2 heterocycles. The number of fused-ring (bicyclic) bond motifs is 1. The van der Waals surface area contributed by atoms with E-state index in [4.69, 9.17) is 11.6 Å². The van der Waals surface area contributed by atoms with Crippen LogP contribution in [0, 0.1) is 0 Å². The average molecular weight is 408 g/mol. The van der Waals surface area contributed by atoms with Crippen LogP contribution in [0.25, 0.3) is 17.0 Å². The lowest BCUT2D eigenvalue weighted by atomic mass is 10.1. The number of nitrogens with one attached hydrogen (secondary N) is 1. The molecule has 1 aliphatic heterocycles. The maximum absolute atomic E-state index is 13.1. The van der Waals surface area contributed by atoms with E-state index in [9.17, 15) is 14.4 Å². The molecular weight excluding hydrogens is 390 g/mol. The van der Waals surface area contributed by atoms with E-state index in [0.717, 1.165) is 34.3 Å². The summed E-state index contributed by atoms with van der Waals surface area (Å²) in [6.45, 7) is 2.90. The van der Waals surface area contributed by atoms with Gasteiger partial charge in [0.1, 0.15) is 5.57 Å². The Bertz CT molecular complexity index is 1180. The summed E-state index contributed by atoms with van der Waals surface area (Å²) in [5, 5.41) is 3.40. The molecule has 146 valence electrons. The van der Waals surface area contributed by atoms with Gasteiger partial charge in [-0.3, -0.25) is 14.9 Å². The maximum atomic E-state index is 13.1. The van der Waals surface area contributed by atoms with Gasteiger partial charge in [0, 0.05) is 29.2 Å². The number of rotatable bonds is 4. The van der Waals surface area contributed by atoms with Gasteiger partial charge in [-0.25, -0.2) is 9.69 Å². The predicted octanol–water partition coefficient (Wildman–Crippen LogP) is 4.37. The first-order valence-electron chi connectivity index (χ1n) is 9.25. The maximum Gasteiger partial charge on any atom is 0.335 e. The third-order valence-electron chi connectivity index (χ3n) is 4.78. The molecule has 0 spiro atoms. The molecule has 0 radical (unpaired) electrons. The Balaban J connectivity index is 1.82. The summed E-state index contributed by atoms with van der Waals surface area (Å²) in [6.07, 6.45) is 4.39. The van der Waals surface area contributed by atoms with Gasteiger partial charge >= 0.3 is 6.03 Å². The summed E-state index contributed by atoms with van der Waals surface area (Å²) in [5.74, 6) is -1.44. The van der Waals surface area contributed by atoms with E-state index < -0.39 is 17.8 Å². The number of aromatic nitrogens is 1. The van der Waals surface area contributed by atoms with E-state index in [-0.39, 0.29) is 16.3 Å². The van der Waals surface area contributed by atoms with Crippen molar-refractivity contribution in [3.63, 3.8) is 0 Å². The number of benzene rings is 2. The average Bonchev–Trinajstić information content (AvgIpc) is 3.04. The fourth-order valence-electron chi connectivity index (χ4n) is 3.48. The number of nitrogens with zero attached hydrogens (tertiary/aromatic N) is 2. The Labute approximate surface area is 172 Å². The zero-order valence-electron chi connectivity index (χ0n) is 15.7. The second-order valence-corrected chi connectivity index (χ2v) is 7.11. The number of halogens is 1. The number of imide groups is 2. The molecule has 1 fully saturated rings. The molecule has 0 bridgehead atoms. The van der Waals surface area contributed by atoms with Crippen molar-refractivity contribution in [2.24, 2.45) is 0 Å². The molecule has 2 aromatic carbocycles. The number of carbonyl (C=O) groups excluding carboxylic acids is 3. The third kappa shape index (κ3) is 3.32. The number of carbonyl (C=O) groups is 3. The number of aryl methyl sites for hydroxylation is 1. The summed E-state index contributed by atoms with van der Waals surface area (Å²) >= 11 is 6.17. The Morgan fingerprint density at radius 2 is 1.76 bits per heavy atom. The number of hydrogen-bond donors (Lipinski definition) is 1. The van der Waals surface area contributed by atoms with Crippen molar-refractivity contribution in [2.75, 3.05) is 4.90 Å². The minimum atomic E-state index is -0.821. The Kier molecular flexibility index (Phi) is 4.94. The normalized spacial score (nSPS) is 16.0. The predicted molar refractivity (Wildman–Crippen MR) is 113 cm³/mol. The van der Waals surface area contributed by atoms with Crippen molar-refractivity contribution in [1.82, 2.24) is 9.88 Å². The van der Waals surface area contributed by atoms with Crippen LogP contribution in [0.4, 0.5) is 10.5 Å². The zero-order valence-corrected chi connectivity index (χ0v) is 16.4. The first-order chi connectivity index (χ1) is 14.0. The van der Waals surface area contributed by atoms with E-state index in [0.29, 0.717) is 0 Å². The van der Waals surface area contributed by atoms with Gasteiger partial charge in [-0.05, 0) is 30.7 Å². The Morgan fingerprint density at radius 1 is 1.03 bits per heavy atom. The SMILES string of the molecule is CCCn1cc(C=C2C(=O)NC(=O)N(c3ccccc3Cl)C2=O)c2ccccc21. The minimum absolute atomic E-state index is 0.121. The van der Waals surface area contributed by atoms with E-state index in [1.807, 2.05) is 30.5 Å². The summed E-state index contributed by atoms with van der Waals surface area (Å²) in [6, 6.07) is 13.5. The third-order valence-corrected chi connectivity index (χ3v) is 5.10. The molecule has 6 nitrogen and oxygen atoms in total. The van der Waals surface area contributed by atoms with Gasteiger partial charge in [0.05, 0.1) is 10.7 Å². The minimum Gasteiger partial charge on any atom is -0.347 e. The second-order valence-electron chi connectivity index (χ2n) is 6.70. The lowest BCUT2D eigenvalue weighted by Crippen LogP contribution is -2.54. The molecule has 4 amide bonds. The summed E-state index contributed by atoms with van der Waals surface area (Å²) in [5.41, 5.74) is 1.86. The van der Waals surface area contributed by atoms with Gasteiger partial charge in [-0.1, -0.05) is 48.9 Å². The largest absolute Gasteiger partial charge is 0.347 e. The fourth-order valence-corrected chi connectivity index (χ4v) is 3.70. The van der Waals surface area contributed by atoms with Gasteiger partial charge in [-0.15, -0.1) is 0 Å². The van der Waals surface area contributed by atoms with Crippen molar-refractivity contribution in [1.29, 1.82) is 0 Å². The summed E-state index contributed by atoms with van der Waals surface area (Å²) in [4.78, 5) is 38.8. The fraction of sp³-hybridized carbons (Fsp3) is 0.136. The molecule has 1 N–H and O–H groups in total. The van der Waals surface area contributed by atoms with Crippen LogP contribution < -0.4 is 10.2 Å². The monoisotopic (exact) mass is 407 g/mol. The Morgan fingerprint density at radius 3 is 2.52 bits per heavy atom. The first-order valence-corrected chi connectivity index (χ1v) is 9.63. The molecule has 3 aromatic rings. The summed E-state index contributed by atoms with van der Waals surface area (Å²) in [7, 11) is 0. The molecule has 0 saturated carbocycles. The van der Waals surface area contributed by atoms with Crippen molar-refractivity contribution < 1.29 is 14.4 Å². The number of barbiturate groups is 1. The molecule has 1 aromatic heterocycles. The highest BCUT2D eigenvalue weighted by molar-refractivity contribution is 6.42. The topological polar surface area (TPSA) is 71.4 Å². The zero-order chi connectivity index (χ0) is 20.5. The molecule has 0 unspecified atom stereocenters. The molecule has 1 aliphatic rings. The van der Waals surface area contributed by atoms with Gasteiger partial charge in [0.25, 0.3) is 11.8 Å². The first kappa shape index (κ1) is 19.0. The molecule has 0 atom stereocenters. The van der Waals surface area contributed by atoms with Gasteiger partial charge in [0.2, 0.25) is 0 Å². The lowest BCUT2D eigenvalue weighted by Gasteiger charge is -2.26. The smallest absolute Gasteiger partial charge is 0.335 e. The van der Waals surface area contributed by atoms with Crippen molar-refractivity contribution in [3.05, 3.63) is 70.9 Å². The van der Waals surface area contributed by atoms with Crippen LogP contribution in [0.5, 0.6) is 0 Å². The molecule has 0 aliphatic carbocycles. The number of amides is 4. The number of anilines is 1. The molecule has 7 heteroatoms. The van der Waals surface area contributed by atoms with Gasteiger partial charge in [0.15, 0.2) is 0 Å². The van der Waals surface area contributed by atoms with E-state index >= 15 is 0 Å². The van der Waals surface area contributed by atoms with Gasteiger partial charge in [-0.2, -0.15) is 0 Å². The van der Waals surface area contributed by atoms with E-state index in [2.05, 4.69) is 16.8 Å². The number of para-hydroxylation sites is 2. The van der Waals surface area contributed by atoms with Crippen LogP contribution in [-0.2, 0) is 16.1 Å². The van der Waals surface area contributed by atoms with E-state index in [1.165, 1.54) is 6.08 Å². The quantitative estimate of drug-likeness (QED) is 0.515. The molecular formula is C22H18ClN3O3. The second kappa shape index (κ2) is 7.56. The highest BCUT2D eigenvalue weighted by Gasteiger charge is 2.37. The lowest BCUT2D eigenvalue weighted by molar-refractivity contribution is -0.122. The van der Waals surface area contributed by atoms with Crippen LogP contribution in [0.15, 0.2) is 60.3 Å². The van der Waals surface area contributed by atoms with Crippen LogP contribution in [0.2, 0.25) is 5.02 Å². The molecule has 29 heavy (non-hydrogen) atoms. The molecule has 1 saturated heterocycles. The highest BCUT2D eigenvalue weighted by atomic mass is 35.5. The number of urea groups is 1. The van der Waals surface area contributed by atoms with Crippen LogP contribution >= 0.6 is 11.6 Å². The summed E-state index contributed by atoms with van der Waals surface area (Å²) < 4.78 is 2.09. The van der Waals surface area contributed by atoms with Crippen molar-refractivity contribution in [3.8, 4) is 0 Å².